The van der Waals surface area contributed by atoms with Gasteiger partial charge in [-0.2, -0.15) is 10.2 Å². The van der Waals surface area contributed by atoms with Crippen LogP contribution in [0.4, 0.5) is 0 Å². The molecule has 0 aliphatic rings. The third-order valence-corrected chi connectivity index (χ3v) is 5.42. The van der Waals surface area contributed by atoms with Crippen LogP contribution in [0.5, 0.6) is 23.0 Å². The van der Waals surface area contributed by atoms with Crippen molar-refractivity contribution in [3.05, 3.63) is 119 Å². The zero-order chi connectivity index (χ0) is 27.5. The summed E-state index contributed by atoms with van der Waals surface area (Å²) in [5.74, 6) is 1.76. The molecule has 4 rings (SSSR count). The Bertz CT molecular complexity index is 1370. The average Bonchev–Trinajstić information content (AvgIpc) is 2.98. The van der Waals surface area contributed by atoms with E-state index in [0.717, 1.165) is 11.1 Å². The number of hydrogen-bond acceptors (Lipinski definition) is 7. The van der Waals surface area contributed by atoms with Crippen molar-refractivity contribution in [1.29, 1.82) is 0 Å². The molecule has 0 bridgehead atoms. The van der Waals surface area contributed by atoms with Crippen molar-refractivity contribution in [3.8, 4) is 23.0 Å². The second-order valence-corrected chi connectivity index (χ2v) is 8.10. The van der Waals surface area contributed by atoms with Crippen molar-refractivity contribution in [2.75, 3.05) is 14.2 Å². The third-order valence-electron chi connectivity index (χ3n) is 5.42. The third kappa shape index (κ3) is 7.77. The Morgan fingerprint density at radius 2 is 1.00 bits per heavy atom. The molecule has 0 saturated carbocycles. The standard InChI is InChI=1S/C30H26N4O5/c1-37-27-7-3-5-21(17-27)19-31-33-29(35)23-9-13-25(14-10-23)39-26-15-11-24(12-16-26)30(36)34-32-20-22-6-4-8-28(18-22)38-2/h3-20H,1-2H3,(H,33,35)(H,34,36)/b31-19+,32-20+. The van der Waals surface area contributed by atoms with Crippen LogP contribution in [-0.2, 0) is 0 Å². The van der Waals surface area contributed by atoms with E-state index >= 15 is 0 Å². The fraction of sp³-hybridized carbons (Fsp3) is 0.0667. The maximum Gasteiger partial charge on any atom is 0.271 e. The zero-order valence-electron chi connectivity index (χ0n) is 21.3. The van der Waals surface area contributed by atoms with Crippen molar-refractivity contribution < 1.29 is 23.8 Å². The number of hydrogen-bond donors (Lipinski definition) is 2. The molecule has 0 radical (unpaired) electrons. The molecule has 0 aliphatic carbocycles. The number of rotatable bonds is 10. The largest absolute Gasteiger partial charge is 0.497 e. The maximum atomic E-state index is 12.4. The van der Waals surface area contributed by atoms with E-state index in [1.807, 2.05) is 36.4 Å². The first-order valence-electron chi connectivity index (χ1n) is 11.9. The van der Waals surface area contributed by atoms with Gasteiger partial charge in [-0.25, -0.2) is 10.9 Å². The number of carbonyl (C=O) groups excluding carboxylic acids is 2. The van der Waals surface area contributed by atoms with Crippen LogP contribution in [0, 0.1) is 0 Å². The molecule has 0 aliphatic heterocycles. The minimum Gasteiger partial charge on any atom is -0.497 e. The molecule has 0 aromatic heterocycles. The summed E-state index contributed by atoms with van der Waals surface area (Å²) >= 11 is 0. The Labute approximate surface area is 225 Å². The molecule has 9 heteroatoms. The van der Waals surface area contributed by atoms with Gasteiger partial charge in [-0.3, -0.25) is 9.59 Å². The Morgan fingerprint density at radius 3 is 1.38 bits per heavy atom. The maximum absolute atomic E-state index is 12.4. The van der Waals surface area contributed by atoms with Crippen LogP contribution in [0.3, 0.4) is 0 Å². The van der Waals surface area contributed by atoms with E-state index in [1.54, 1.807) is 74.9 Å². The van der Waals surface area contributed by atoms with E-state index in [9.17, 15) is 9.59 Å². The van der Waals surface area contributed by atoms with Crippen molar-refractivity contribution in [3.63, 3.8) is 0 Å². The van der Waals surface area contributed by atoms with Gasteiger partial charge < -0.3 is 14.2 Å². The van der Waals surface area contributed by atoms with Gasteiger partial charge in [0, 0.05) is 11.1 Å². The Morgan fingerprint density at radius 1 is 0.590 bits per heavy atom. The highest BCUT2D eigenvalue weighted by atomic mass is 16.5. The molecule has 0 unspecified atom stereocenters. The number of nitrogens with one attached hydrogen (secondary N) is 2. The van der Waals surface area contributed by atoms with Gasteiger partial charge in [-0.05, 0) is 83.9 Å². The normalized spacial score (nSPS) is 10.8. The van der Waals surface area contributed by atoms with Crippen LogP contribution in [0.1, 0.15) is 31.8 Å². The molecule has 39 heavy (non-hydrogen) atoms. The Balaban J connectivity index is 1.27. The topological polar surface area (TPSA) is 111 Å². The minimum atomic E-state index is -0.356. The highest BCUT2D eigenvalue weighted by Gasteiger charge is 2.07. The molecular weight excluding hydrogens is 496 g/mol. The van der Waals surface area contributed by atoms with Gasteiger partial charge in [0.2, 0.25) is 0 Å². The summed E-state index contributed by atoms with van der Waals surface area (Å²) in [5.41, 5.74) is 7.42. The number of carbonyl (C=O) groups is 2. The van der Waals surface area contributed by atoms with Crippen LogP contribution in [-0.4, -0.2) is 38.5 Å². The first-order chi connectivity index (χ1) is 19.0. The van der Waals surface area contributed by atoms with E-state index in [1.165, 1.54) is 12.4 Å². The van der Waals surface area contributed by atoms with E-state index in [0.29, 0.717) is 34.1 Å². The monoisotopic (exact) mass is 522 g/mol. The van der Waals surface area contributed by atoms with E-state index in [4.69, 9.17) is 14.2 Å². The van der Waals surface area contributed by atoms with E-state index < -0.39 is 0 Å². The summed E-state index contributed by atoms with van der Waals surface area (Å²) in [6.07, 6.45) is 3.07. The highest BCUT2D eigenvalue weighted by Crippen LogP contribution is 2.22. The quantitative estimate of drug-likeness (QED) is 0.224. The summed E-state index contributed by atoms with van der Waals surface area (Å²) in [7, 11) is 3.17. The van der Waals surface area contributed by atoms with Gasteiger partial charge in [0.1, 0.15) is 23.0 Å². The van der Waals surface area contributed by atoms with Crippen LogP contribution >= 0.6 is 0 Å². The molecule has 0 fully saturated rings. The van der Waals surface area contributed by atoms with Gasteiger partial charge in [0.15, 0.2) is 0 Å². The lowest BCUT2D eigenvalue weighted by molar-refractivity contribution is 0.0947. The fourth-order valence-electron chi connectivity index (χ4n) is 3.39. The first-order valence-corrected chi connectivity index (χ1v) is 11.9. The molecule has 0 spiro atoms. The number of benzene rings is 4. The van der Waals surface area contributed by atoms with Crippen LogP contribution in [0.15, 0.2) is 107 Å². The number of hydrazone groups is 2. The molecule has 9 nitrogen and oxygen atoms in total. The predicted molar refractivity (Wildman–Crippen MR) is 149 cm³/mol. The molecule has 196 valence electrons. The Kier molecular flexibility index (Phi) is 9.01. The first kappa shape index (κ1) is 26.6. The van der Waals surface area contributed by atoms with E-state index in [2.05, 4.69) is 21.1 Å². The second kappa shape index (κ2) is 13.2. The summed E-state index contributed by atoms with van der Waals surface area (Å²) in [6.45, 7) is 0. The molecular formula is C30H26N4O5. The molecule has 0 atom stereocenters. The lowest BCUT2D eigenvalue weighted by atomic mass is 10.2. The lowest BCUT2D eigenvalue weighted by Gasteiger charge is -2.07. The average molecular weight is 523 g/mol. The van der Waals surface area contributed by atoms with Crippen molar-refractivity contribution in [2.24, 2.45) is 10.2 Å². The van der Waals surface area contributed by atoms with Crippen molar-refractivity contribution >= 4 is 24.2 Å². The van der Waals surface area contributed by atoms with Crippen molar-refractivity contribution in [2.45, 2.75) is 0 Å². The van der Waals surface area contributed by atoms with Gasteiger partial charge in [0.05, 0.1) is 26.6 Å². The molecule has 2 amide bonds. The second-order valence-electron chi connectivity index (χ2n) is 8.10. The molecule has 4 aromatic rings. The summed E-state index contributed by atoms with van der Waals surface area (Å²) in [6, 6.07) is 27.9. The number of amides is 2. The number of methoxy groups -OCH3 is 2. The number of nitrogens with zero attached hydrogens (tertiary/aromatic N) is 2. The molecule has 0 saturated heterocycles. The zero-order valence-corrected chi connectivity index (χ0v) is 21.3. The van der Waals surface area contributed by atoms with Gasteiger partial charge >= 0.3 is 0 Å². The van der Waals surface area contributed by atoms with Crippen LogP contribution in [0.2, 0.25) is 0 Å². The number of ether oxygens (including phenoxy) is 3. The summed E-state index contributed by atoms with van der Waals surface area (Å²) in [4.78, 5) is 24.7. The highest BCUT2D eigenvalue weighted by molar-refractivity contribution is 5.95. The molecule has 0 heterocycles. The Hall–Kier alpha value is -5.44. The smallest absolute Gasteiger partial charge is 0.271 e. The SMILES string of the molecule is COc1cccc(/C=N/NC(=O)c2ccc(Oc3ccc(C(=O)N/N=C/c4cccc(OC)c4)cc3)cc2)c1. The lowest BCUT2D eigenvalue weighted by Crippen LogP contribution is -2.17. The van der Waals surface area contributed by atoms with Crippen LogP contribution < -0.4 is 25.1 Å². The van der Waals surface area contributed by atoms with Gasteiger partial charge in [-0.1, -0.05) is 24.3 Å². The molecule has 4 aromatic carbocycles. The fourth-order valence-corrected chi connectivity index (χ4v) is 3.39. The van der Waals surface area contributed by atoms with Crippen LogP contribution in [0.25, 0.3) is 0 Å². The summed E-state index contributed by atoms with van der Waals surface area (Å²) in [5, 5.41) is 7.98. The summed E-state index contributed by atoms with van der Waals surface area (Å²) < 4.78 is 16.2. The van der Waals surface area contributed by atoms with E-state index in [-0.39, 0.29) is 11.8 Å². The van der Waals surface area contributed by atoms with Gasteiger partial charge in [-0.15, -0.1) is 0 Å². The molecule has 2 N–H and O–H groups in total. The minimum absolute atomic E-state index is 0.356. The van der Waals surface area contributed by atoms with Crippen molar-refractivity contribution in [1.82, 2.24) is 10.9 Å². The van der Waals surface area contributed by atoms with Gasteiger partial charge in [0.25, 0.3) is 11.8 Å². The predicted octanol–water partition coefficient (Wildman–Crippen LogP) is 5.02.